The van der Waals surface area contributed by atoms with Crippen molar-refractivity contribution in [2.75, 3.05) is 13.2 Å². The summed E-state index contributed by atoms with van der Waals surface area (Å²) >= 11 is 8.38. The zero-order valence-corrected chi connectivity index (χ0v) is 22.4. The van der Waals surface area contributed by atoms with Gasteiger partial charge in [-0.2, -0.15) is 4.98 Å². The van der Waals surface area contributed by atoms with Crippen LogP contribution in [0.3, 0.4) is 0 Å². The molecule has 0 spiro atoms. The Morgan fingerprint density at radius 1 is 1.26 bits per heavy atom. The molecular formula is C21H29ClIN3O4Si. The molecule has 2 saturated heterocycles. The van der Waals surface area contributed by atoms with Crippen molar-refractivity contribution in [3.05, 3.63) is 27.4 Å². The van der Waals surface area contributed by atoms with Crippen molar-refractivity contribution in [3.8, 4) is 6.01 Å². The van der Waals surface area contributed by atoms with E-state index in [1.54, 1.807) is 6.08 Å². The van der Waals surface area contributed by atoms with Crippen LogP contribution in [0, 0.1) is 3.70 Å². The van der Waals surface area contributed by atoms with Crippen molar-refractivity contribution in [2.45, 2.75) is 69.9 Å². The Kier molecular flexibility index (Phi) is 6.48. The lowest BCUT2D eigenvalue weighted by Gasteiger charge is -2.39. The van der Waals surface area contributed by atoms with Gasteiger partial charge in [-0.3, -0.25) is 4.57 Å². The Morgan fingerprint density at radius 2 is 1.90 bits per heavy atom. The lowest BCUT2D eigenvalue weighted by atomic mass is 10.1. The lowest BCUT2D eigenvalue weighted by molar-refractivity contribution is 0.0105. The molecule has 0 aromatic carbocycles. The summed E-state index contributed by atoms with van der Waals surface area (Å²) in [5.74, 6) is 0. The van der Waals surface area contributed by atoms with Crippen molar-refractivity contribution in [3.63, 3.8) is 0 Å². The number of halogens is 2. The number of fused-ring (bicyclic) bond motifs is 2. The van der Waals surface area contributed by atoms with Crippen LogP contribution >= 0.6 is 34.2 Å². The van der Waals surface area contributed by atoms with Gasteiger partial charge in [0.2, 0.25) is 0 Å². The van der Waals surface area contributed by atoms with E-state index in [1.807, 2.05) is 10.6 Å². The topological polar surface area (TPSA) is 67.6 Å². The Bertz CT molecular complexity index is 993. The molecule has 0 radical (unpaired) electrons. The summed E-state index contributed by atoms with van der Waals surface area (Å²) in [7, 11) is -1.93. The lowest BCUT2D eigenvalue weighted by Crippen LogP contribution is -2.47. The molecule has 10 heteroatoms. The minimum Gasteiger partial charge on any atom is -0.456 e. The minimum absolute atomic E-state index is 0.0754. The van der Waals surface area contributed by atoms with Crippen LogP contribution in [0.25, 0.3) is 11.2 Å². The number of allylic oxidation sites excluding steroid dienone is 1. The number of pyridine rings is 1. The maximum Gasteiger partial charge on any atom is 0.299 e. The third kappa shape index (κ3) is 4.41. The molecule has 4 rings (SSSR count). The van der Waals surface area contributed by atoms with Crippen molar-refractivity contribution >= 4 is 53.7 Å². The largest absolute Gasteiger partial charge is 0.456 e. The number of hydrogen-bond donors (Lipinski definition) is 0. The van der Waals surface area contributed by atoms with Crippen LogP contribution < -0.4 is 4.74 Å². The van der Waals surface area contributed by atoms with Gasteiger partial charge in [-0.15, -0.1) is 6.58 Å². The predicted octanol–water partition coefficient (Wildman–Crippen LogP) is 4.81. The van der Waals surface area contributed by atoms with E-state index in [9.17, 15) is 0 Å². The average molecular weight is 578 g/mol. The van der Waals surface area contributed by atoms with Gasteiger partial charge in [0.1, 0.15) is 15.9 Å². The molecule has 7 nitrogen and oxygen atoms in total. The fraction of sp³-hybridized carbons (Fsp3) is 0.619. The summed E-state index contributed by atoms with van der Waals surface area (Å²) in [6.07, 6.45) is 1.12. The zero-order chi connectivity index (χ0) is 22.6. The highest BCUT2D eigenvalue weighted by molar-refractivity contribution is 14.1. The van der Waals surface area contributed by atoms with Crippen LogP contribution in [0.4, 0.5) is 0 Å². The van der Waals surface area contributed by atoms with E-state index in [1.165, 1.54) is 0 Å². The van der Waals surface area contributed by atoms with Crippen LogP contribution in [0.2, 0.25) is 23.2 Å². The van der Waals surface area contributed by atoms with E-state index in [4.69, 9.17) is 30.2 Å². The van der Waals surface area contributed by atoms with Crippen LogP contribution in [-0.4, -0.2) is 60.5 Å². The fourth-order valence-electron chi connectivity index (χ4n) is 3.70. The summed E-state index contributed by atoms with van der Waals surface area (Å²) in [4.78, 5) is 9.09. The zero-order valence-electron chi connectivity index (χ0n) is 18.5. The summed E-state index contributed by atoms with van der Waals surface area (Å²) in [5, 5.41) is 0.708. The van der Waals surface area contributed by atoms with Crippen molar-refractivity contribution < 1.29 is 18.6 Å². The fourth-order valence-corrected chi connectivity index (χ4v) is 5.54. The van der Waals surface area contributed by atoms with Crippen LogP contribution in [0.1, 0.15) is 20.8 Å². The highest BCUT2D eigenvalue weighted by Crippen LogP contribution is 2.40. The highest BCUT2D eigenvalue weighted by Gasteiger charge is 2.52. The molecule has 0 N–H and O–H groups in total. The molecular weight excluding hydrogens is 549 g/mol. The first-order valence-electron chi connectivity index (χ1n) is 10.4. The number of ether oxygens (including phenoxy) is 3. The molecule has 0 saturated carbocycles. The summed E-state index contributed by atoms with van der Waals surface area (Å²) in [5.41, 5.74) is 1.40. The molecule has 2 fully saturated rings. The van der Waals surface area contributed by atoms with Crippen molar-refractivity contribution in [1.82, 2.24) is 14.5 Å². The van der Waals surface area contributed by atoms with E-state index >= 15 is 0 Å². The number of imidazole rings is 1. The van der Waals surface area contributed by atoms with Gasteiger partial charge in [0.15, 0.2) is 20.1 Å². The maximum atomic E-state index is 6.59. The SMILES string of the molecule is C=CCn1c(O[C@@H]2CO[C@H]3[C@@H]2OC[C@H]3O[Si](C)(C)C(C)(C)C)nc2nc(I)c(Cl)cc21. The molecule has 4 atom stereocenters. The summed E-state index contributed by atoms with van der Waals surface area (Å²) in [6, 6.07) is 2.32. The molecule has 2 aromatic rings. The van der Waals surface area contributed by atoms with E-state index in [2.05, 4.69) is 73.0 Å². The summed E-state index contributed by atoms with van der Waals surface area (Å²) < 4.78 is 27.7. The van der Waals surface area contributed by atoms with Gasteiger partial charge in [0.05, 0.1) is 29.9 Å². The Labute approximate surface area is 202 Å². The molecule has 170 valence electrons. The number of nitrogens with zero attached hydrogens (tertiary/aromatic N) is 3. The quantitative estimate of drug-likeness (QED) is 0.212. The molecule has 0 unspecified atom stereocenters. The highest BCUT2D eigenvalue weighted by atomic mass is 127. The Balaban J connectivity index is 1.54. The maximum absolute atomic E-state index is 6.59. The normalized spacial score (nSPS) is 26.4. The van der Waals surface area contributed by atoms with Crippen molar-refractivity contribution in [1.29, 1.82) is 0 Å². The second kappa shape index (κ2) is 8.57. The van der Waals surface area contributed by atoms with Gasteiger partial charge in [0, 0.05) is 6.54 Å². The van der Waals surface area contributed by atoms with Gasteiger partial charge in [0.25, 0.3) is 6.01 Å². The van der Waals surface area contributed by atoms with Gasteiger partial charge < -0.3 is 18.6 Å². The van der Waals surface area contributed by atoms with Gasteiger partial charge in [-0.1, -0.05) is 38.4 Å². The standard InChI is InChI=1S/C21H29ClIN3O4Si/c1-7-8-26-13-9-12(22)18(23)24-19(13)25-20(26)29-14-10-27-17-15(11-28-16(14)17)30-31(5,6)21(2,3)4/h7,9,14-17H,1,8,10-11H2,2-6H3/t14-,15-,16-,17-/m1/s1. The summed E-state index contributed by atoms with van der Waals surface area (Å²) in [6.45, 7) is 16.5. The Hall–Kier alpha value is -0.723. The molecule has 31 heavy (non-hydrogen) atoms. The van der Waals surface area contributed by atoms with Gasteiger partial charge in [-0.25, -0.2) is 4.98 Å². The third-order valence-electron chi connectivity index (χ3n) is 6.40. The average Bonchev–Trinajstić information content (AvgIpc) is 3.33. The molecule has 4 heterocycles. The van der Waals surface area contributed by atoms with E-state index in [0.29, 0.717) is 40.1 Å². The number of aromatic nitrogens is 3. The second-order valence-corrected chi connectivity index (χ2v) is 15.8. The van der Waals surface area contributed by atoms with E-state index in [-0.39, 0.29) is 29.5 Å². The number of hydrogen-bond acceptors (Lipinski definition) is 6. The molecule has 0 aliphatic carbocycles. The van der Waals surface area contributed by atoms with E-state index < -0.39 is 8.32 Å². The first-order chi connectivity index (χ1) is 14.5. The monoisotopic (exact) mass is 577 g/mol. The van der Waals surface area contributed by atoms with Crippen LogP contribution in [0.15, 0.2) is 18.7 Å². The third-order valence-corrected chi connectivity index (χ3v) is 12.3. The molecule has 0 amide bonds. The minimum atomic E-state index is -1.93. The second-order valence-electron chi connectivity index (χ2n) is 9.57. The first kappa shape index (κ1) is 23.4. The smallest absolute Gasteiger partial charge is 0.299 e. The predicted molar refractivity (Wildman–Crippen MR) is 131 cm³/mol. The molecule has 2 aliphatic heterocycles. The molecule has 2 aromatic heterocycles. The van der Waals surface area contributed by atoms with E-state index in [0.717, 1.165) is 5.52 Å². The van der Waals surface area contributed by atoms with Gasteiger partial charge in [-0.05, 0) is 46.8 Å². The Morgan fingerprint density at radius 3 is 2.55 bits per heavy atom. The molecule has 2 aliphatic rings. The van der Waals surface area contributed by atoms with Crippen LogP contribution in [0.5, 0.6) is 6.01 Å². The number of rotatable bonds is 6. The van der Waals surface area contributed by atoms with Crippen LogP contribution in [-0.2, 0) is 20.4 Å². The first-order valence-corrected chi connectivity index (χ1v) is 14.8. The molecule has 0 bridgehead atoms. The van der Waals surface area contributed by atoms with Gasteiger partial charge >= 0.3 is 0 Å². The van der Waals surface area contributed by atoms with Crippen molar-refractivity contribution in [2.24, 2.45) is 0 Å².